The van der Waals surface area contributed by atoms with Gasteiger partial charge in [-0.05, 0) is 39.1 Å². The van der Waals surface area contributed by atoms with Crippen molar-refractivity contribution < 1.29 is 4.74 Å². The highest BCUT2D eigenvalue weighted by atomic mass is 16.5. The molecule has 2 radical (unpaired) electrons. The van der Waals surface area contributed by atoms with Crippen LogP contribution in [0.5, 0.6) is 0 Å². The molecule has 0 aromatic carbocycles. The molecular formula is C13H25BN2O. The second-order valence-electron chi connectivity index (χ2n) is 5.89. The minimum atomic E-state index is 0.114. The normalized spacial score (nSPS) is 28.7. The zero-order valence-corrected chi connectivity index (χ0v) is 11.5. The molecule has 1 unspecified atom stereocenters. The van der Waals surface area contributed by atoms with Crippen molar-refractivity contribution in [1.29, 1.82) is 0 Å². The summed E-state index contributed by atoms with van der Waals surface area (Å²) in [4.78, 5) is 4.76. The van der Waals surface area contributed by atoms with Gasteiger partial charge in [0.2, 0.25) is 0 Å². The fourth-order valence-electron chi connectivity index (χ4n) is 2.87. The minimum absolute atomic E-state index is 0.114. The molecule has 0 aliphatic carbocycles. The predicted octanol–water partition coefficient (Wildman–Crippen LogP) is 1.42. The van der Waals surface area contributed by atoms with Crippen LogP contribution in [0.4, 0.5) is 0 Å². The van der Waals surface area contributed by atoms with Crippen molar-refractivity contribution in [2.45, 2.75) is 57.6 Å². The first-order valence-corrected chi connectivity index (χ1v) is 6.90. The number of rotatable bonds is 2. The number of hydrogen-bond donors (Lipinski definition) is 0. The smallest absolute Gasteiger partial charge is 0.0993 e. The van der Waals surface area contributed by atoms with Crippen LogP contribution >= 0.6 is 0 Å². The number of likely N-dealkylation sites (tertiary alicyclic amines) is 1. The van der Waals surface area contributed by atoms with Crippen LogP contribution in [-0.4, -0.2) is 61.6 Å². The minimum Gasteiger partial charge on any atom is -0.359 e. The molecule has 2 rings (SSSR count). The summed E-state index contributed by atoms with van der Waals surface area (Å²) in [7, 11) is 5.88. The van der Waals surface area contributed by atoms with Crippen LogP contribution in [0.2, 0.25) is 0 Å². The number of nitrogens with zero attached hydrogens (tertiary/aromatic N) is 2. The molecule has 2 aliphatic rings. The maximum atomic E-state index is 6.13. The molecule has 1 atom stereocenters. The SMILES string of the molecule is [B]C(C)N1CCC2(CCN(C(C)C)CC2)OC1. The van der Waals surface area contributed by atoms with Crippen molar-refractivity contribution in [1.82, 2.24) is 9.80 Å². The van der Waals surface area contributed by atoms with Gasteiger partial charge in [-0.3, -0.25) is 4.90 Å². The van der Waals surface area contributed by atoms with Crippen molar-refractivity contribution >= 4 is 7.85 Å². The summed E-state index contributed by atoms with van der Waals surface area (Å²) in [6.45, 7) is 10.7. The molecule has 2 aliphatic heterocycles. The van der Waals surface area contributed by atoms with Crippen LogP contribution in [0.25, 0.3) is 0 Å². The Morgan fingerprint density at radius 2 is 1.53 bits per heavy atom. The molecule has 4 heteroatoms. The van der Waals surface area contributed by atoms with E-state index in [0.29, 0.717) is 12.8 Å². The molecule has 3 nitrogen and oxygen atoms in total. The summed E-state index contributed by atoms with van der Waals surface area (Å²) in [5.74, 6) is 0.114. The van der Waals surface area contributed by atoms with E-state index in [4.69, 9.17) is 12.6 Å². The first-order valence-electron chi connectivity index (χ1n) is 6.90. The Kier molecular flexibility index (Phi) is 4.16. The van der Waals surface area contributed by atoms with Crippen LogP contribution < -0.4 is 0 Å². The van der Waals surface area contributed by atoms with Gasteiger partial charge in [0, 0.05) is 25.7 Å². The average Bonchev–Trinajstić information content (AvgIpc) is 2.30. The number of piperidine rings is 1. The second-order valence-corrected chi connectivity index (χ2v) is 5.89. The number of hydrogen-bond acceptors (Lipinski definition) is 3. The van der Waals surface area contributed by atoms with Crippen LogP contribution in [0.1, 0.15) is 40.0 Å². The molecule has 2 saturated heterocycles. The highest BCUT2D eigenvalue weighted by Crippen LogP contribution is 2.33. The summed E-state index contributed by atoms with van der Waals surface area (Å²) >= 11 is 0. The van der Waals surface area contributed by atoms with Crippen molar-refractivity contribution in [3.05, 3.63) is 0 Å². The van der Waals surface area contributed by atoms with Gasteiger partial charge < -0.3 is 9.64 Å². The summed E-state index contributed by atoms with van der Waals surface area (Å²) in [6.07, 6.45) is 3.50. The van der Waals surface area contributed by atoms with Gasteiger partial charge in [0.15, 0.2) is 0 Å². The third-order valence-corrected chi connectivity index (χ3v) is 4.41. The van der Waals surface area contributed by atoms with Crippen LogP contribution in [0, 0.1) is 0 Å². The predicted molar refractivity (Wildman–Crippen MR) is 71.2 cm³/mol. The van der Waals surface area contributed by atoms with Gasteiger partial charge >= 0.3 is 0 Å². The second kappa shape index (κ2) is 5.29. The summed E-state index contributed by atoms with van der Waals surface area (Å²) in [5.41, 5.74) is 0.150. The number of ether oxygens (including phenoxy) is 1. The van der Waals surface area contributed by atoms with E-state index >= 15 is 0 Å². The van der Waals surface area contributed by atoms with Gasteiger partial charge in [-0.25, -0.2) is 0 Å². The summed E-state index contributed by atoms with van der Waals surface area (Å²) in [6, 6.07) is 0.663. The molecule has 0 aromatic heterocycles. The van der Waals surface area contributed by atoms with Gasteiger partial charge in [-0.2, -0.15) is 0 Å². The average molecular weight is 236 g/mol. The zero-order chi connectivity index (χ0) is 12.5. The molecule has 0 saturated carbocycles. The third kappa shape index (κ3) is 3.04. The van der Waals surface area contributed by atoms with E-state index < -0.39 is 0 Å². The topological polar surface area (TPSA) is 15.7 Å². The Balaban J connectivity index is 1.84. The van der Waals surface area contributed by atoms with Gasteiger partial charge in [0.05, 0.1) is 20.2 Å². The van der Waals surface area contributed by atoms with E-state index in [1.165, 1.54) is 25.9 Å². The lowest BCUT2D eigenvalue weighted by molar-refractivity contribution is -0.163. The van der Waals surface area contributed by atoms with Gasteiger partial charge in [0.25, 0.3) is 0 Å². The fourth-order valence-corrected chi connectivity index (χ4v) is 2.87. The molecule has 1 spiro atoms. The van der Waals surface area contributed by atoms with E-state index in [-0.39, 0.29) is 11.5 Å². The molecular weight excluding hydrogens is 211 g/mol. The molecule has 0 amide bonds. The van der Waals surface area contributed by atoms with E-state index in [2.05, 4.69) is 23.6 Å². The molecule has 0 N–H and O–H groups in total. The van der Waals surface area contributed by atoms with Crippen molar-refractivity contribution in [3.63, 3.8) is 0 Å². The van der Waals surface area contributed by atoms with Crippen LogP contribution in [0.3, 0.4) is 0 Å². The Morgan fingerprint density at radius 3 is 1.94 bits per heavy atom. The Bertz CT molecular complexity index is 212. The van der Waals surface area contributed by atoms with Crippen LogP contribution in [-0.2, 0) is 4.74 Å². The Hall–Kier alpha value is -0.0551. The molecule has 17 heavy (non-hydrogen) atoms. The Morgan fingerprint density at radius 1 is 1.00 bits per heavy atom. The summed E-state index contributed by atoms with van der Waals surface area (Å²) < 4.78 is 6.13. The van der Waals surface area contributed by atoms with Crippen LogP contribution in [0.15, 0.2) is 0 Å². The van der Waals surface area contributed by atoms with Crippen molar-refractivity contribution in [2.24, 2.45) is 0 Å². The standard InChI is InChI=1S/C13H25BN2O/c1-11(2)15-7-4-13(5-8-15)6-9-16(10-17-13)12(3)14/h11-12H,4-10H2,1-3H3. The molecule has 2 fully saturated rings. The zero-order valence-electron chi connectivity index (χ0n) is 11.5. The highest BCUT2D eigenvalue weighted by Gasteiger charge is 2.39. The van der Waals surface area contributed by atoms with Crippen molar-refractivity contribution in [2.75, 3.05) is 26.4 Å². The lowest BCUT2D eigenvalue weighted by Crippen LogP contribution is -2.55. The monoisotopic (exact) mass is 236 g/mol. The van der Waals surface area contributed by atoms with Gasteiger partial charge in [-0.15, -0.1) is 0 Å². The third-order valence-electron chi connectivity index (χ3n) is 4.41. The van der Waals surface area contributed by atoms with E-state index in [9.17, 15) is 0 Å². The highest BCUT2D eigenvalue weighted by molar-refractivity contribution is 6.11. The van der Waals surface area contributed by atoms with Gasteiger partial charge in [-0.1, -0.05) is 6.92 Å². The maximum absolute atomic E-state index is 6.13. The molecule has 0 bridgehead atoms. The molecule has 96 valence electrons. The largest absolute Gasteiger partial charge is 0.359 e. The fraction of sp³-hybridized carbons (Fsp3) is 1.00. The van der Waals surface area contributed by atoms with E-state index in [0.717, 1.165) is 13.0 Å². The lowest BCUT2D eigenvalue weighted by Gasteiger charge is -2.48. The quantitative estimate of drug-likeness (QED) is 0.674. The van der Waals surface area contributed by atoms with E-state index in [1.807, 2.05) is 6.92 Å². The first-order chi connectivity index (χ1) is 8.02. The lowest BCUT2D eigenvalue weighted by atomic mass is 9.85. The molecule has 0 aromatic rings. The Labute approximate surface area is 107 Å². The first kappa shape index (κ1) is 13.4. The van der Waals surface area contributed by atoms with Gasteiger partial charge in [0.1, 0.15) is 0 Å². The van der Waals surface area contributed by atoms with Crippen molar-refractivity contribution in [3.8, 4) is 0 Å². The molecule has 2 heterocycles. The van der Waals surface area contributed by atoms with E-state index in [1.54, 1.807) is 0 Å². The summed E-state index contributed by atoms with van der Waals surface area (Å²) in [5, 5.41) is 0. The maximum Gasteiger partial charge on any atom is 0.0993 e.